The van der Waals surface area contributed by atoms with Gasteiger partial charge in [-0.15, -0.1) is 0 Å². The Bertz CT molecular complexity index is 743. The van der Waals surface area contributed by atoms with E-state index in [0.29, 0.717) is 13.2 Å². The second-order valence-corrected chi connectivity index (χ2v) is 6.76. The van der Waals surface area contributed by atoms with E-state index < -0.39 is 0 Å². The average Bonchev–Trinajstić information content (AvgIpc) is 3.29. The molecule has 2 N–H and O–H groups in total. The molecular weight excluding hydrogens is 328 g/mol. The number of aryl methyl sites for hydroxylation is 1. The number of hydrogen-bond donors (Lipinski definition) is 2. The summed E-state index contributed by atoms with van der Waals surface area (Å²) in [5.41, 5.74) is 2.15. The first-order valence-electron chi connectivity index (χ1n) is 9.35. The van der Waals surface area contributed by atoms with Gasteiger partial charge in [0.2, 0.25) is 5.91 Å². The smallest absolute Gasteiger partial charge is 0.225 e. The Kier molecular flexibility index (Phi) is 5.93. The van der Waals surface area contributed by atoms with Crippen LogP contribution in [0.15, 0.2) is 36.7 Å². The van der Waals surface area contributed by atoms with Crippen LogP contribution in [0.4, 0.5) is 0 Å². The van der Waals surface area contributed by atoms with Gasteiger partial charge in [-0.1, -0.05) is 25.1 Å². The summed E-state index contributed by atoms with van der Waals surface area (Å²) in [5.74, 6) is 0.994. The summed E-state index contributed by atoms with van der Waals surface area (Å²) in [4.78, 5) is 13.0. The maximum absolute atomic E-state index is 13.0. The van der Waals surface area contributed by atoms with E-state index in [-0.39, 0.29) is 23.8 Å². The molecule has 1 aliphatic heterocycles. The minimum Gasteiger partial charge on any atom is -0.494 e. The maximum atomic E-state index is 13.0. The molecule has 1 saturated heterocycles. The Labute approximate surface area is 154 Å². The number of nitrogens with zero attached hydrogens (tertiary/aromatic N) is 2. The molecule has 3 atom stereocenters. The van der Waals surface area contributed by atoms with Crippen LogP contribution in [0.5, 0.6) is 5.75 Å². The van der Waals surface area contributed by atoms with Crippen molar-refractivity contribution in [2.75, 3.05) is 19.7 Å². The van der Waals surface area contributed by atoms with Gasteiger partial charge in [0.1, 0.15) is 5.75 Å². The quantitative estimate of drug-likeness (QED) is 0.799. The van der Waals surface area contributed by atoms with Crippen LogP contribution in [0.3, 0.4) is 0 Å². The first kappa shape index (κ1) is 18.5. The number of ether oxygens (including phenoxy) is 1. The lowest BCUT2D eigenvalue weighted by Crippen LogP contribution is -2.36. The zero-order valence-electron chi connectivity index (χ0n) is 15.7. The van der Waals surface area contributed by atoms with Gasteiger partial charge in [0.25, 0.3) is 0 Å². The Morgan fingerprint density at radius 2 is 2.19 bits per heavy atom. The number of nitrogens with one attached hydrogen (secondary N) is 2. The lowest BCUT2D eigenvalue weighted by atomic mass is 9.89. The third-order valence-electron chi connectivity index (χ3n) is 5.02. The third kappa shape index (κ3) is 3.90. The molecule has 1 aromatic heterocycles. The molecule has 2 aromatic rings. The van der Waals surface area contributed by atoms with Crippen molar-refractivity contribution in [2.45, 2.75) is 32.2 Å². The molecule has 0 spiro atoms. The van der Waals surface area contributed by atoms with Crippen molar-refractivity contribution in [3.8, 4) is 5.75 Å². The zero-order chi connectivity index (χ0) is 18.5. The molecule has 0 radical (unpaired) electrons. The van der Waals surface area contributed by atoms with E-state index in [1.54, 1.807) is 4.68 Å². The summed E-state index contributed by atoms with van der Waals surface area (Å²) in [6, 6.07) is 7.89. The van der Waals surface area contributed by atoms with Crippen LogP contribution < -0.4 is 15.4 Å². The zero-order valence-corrected chi connectivity index (χ0v) is 15.7. The van der Waals surface area contributed by atoms with Crippen molar-refractivity contribution in [3.05, 3.63) is 47.8 Å². The summed E-state index contributed by atoms with van der Waals surface area (Å²) in [6.07, 6.45) is 4.67. The Morgan fingerprint density at radius 3 is 2.88 bits per heavy atom. The fraction of sp³-hybridized carbons (Fsp3) is 0.500. The molecule has 26 heavy (non-hydrogen) atoms. The number of rotatable bonds is 7. The molecule has 1 unspecified atom stereocenters. The summed E-state index contributed by atoms with van der Waals surface area (Å²) in [5, 5.41) is 10.8. The Hall–Kier alpha value is -2.34. The lowest BCUT2D eigenvalue weighted by Gasteiger charge is -2.24. The van der Waals surface area contributed by atoms with E-state index >= 15 is 0 Å². The van der Waals surface area contributed by atoms with Crippen molar-refractivity contribution in [1.29, 1.82) is 0 Å². The number of aromatic nitrogens is 2. The SMILES string of the molecule is CCOc1ccccc1C(CC)NC(=O)[C@H]1CNC[C@@H]1c1cnn(C)c1. The summed E-state index contributed by atoms with van der Waals surface area (Å²) in [6.45, 7) is 6.15. The highest BCUT2D eigenvalue weighted by Crippen LogP contribution is 2.31. The van der Waals surface area contributed by atoms with E-state index in [1.807, 2.05) is 50.6 Å². The van der Waals surface area contributed by atoms with Gasteiger partial charge in [-0.25, -0.2) is 0 Å². The highest BCUT2D eigenvalue weighted by atomic mass is 16.5. The first-order chi connectivity index (χ1) is 12.6. The molecule has 140 valence electrons. The maximum Gasteiger partial charge on any atom is 0.225 e. The average molecular weight is 356 g/mol. The van der Waals surface area contributed by atoms with Crippen molar-refractivity contribution >= 4 is 5.91 Å². The molecule has 0 saturated carbocycles. The number of benzene rings is 1. The number of carbonyl (C=O) groups excluding carboxylic acids is 1. The Balaban J connectivity index is 1.75. The molecular formula is C20H28N4O2. The van der Waals surface area contributed by atoms with E-state index in [4.69, 9.17) is 4.74 Å². The molecule has 6 nitrogen and oxygen atoms in total. The van der Waals surface area contributed by atoms with E-state index in [9.17, 15) is 4.79 Å². The monoisotopic (exact) mass is 356 g/mol. The largest absolute Gasteiger partial charge is 0.494 e. The molecule has 0 aliphatic carbocycles. The second kappa shape index (κ2) is 8.36. The highest BCUT2D eigenvalue weighted by Gasteiger charge is 2.35. The van der Waals surface area contributed by atoms with Crippen LogP contribution in [0, 0.1) is 5.92 Å². The summed E-state index contributed by atoms with van der Waals surface area (Å²) < 4.78 is 7.53. The van der Waals surface area contributed by atoms with E-state index in [2.05, 4.69) is 22.7 Å². The van der Waals surface area contributed by atoms with Crippen LogP contribution in [0.25, 0.3) is 0 Å². The number of carbonyl (C=O) groups is 1. The van der Waals surface area contributed by atoms with Crippen molar-refractivity contribution in [1.82, 2.24) is 20.4 Å². The van der Waals surface area contributed by atoms with E-state index in [0.717, 1.165) is 29.8 Å². The van der Waals surface area contributed by atoms with Gasteiger partial charge >= 0.3 is 0 Å². The van der Waals surface area contributed by atoms with Gasteiger partial charge in [0.15, 0.2) is 0 Å². The van der Waals surface area contributed by atoms with E-state index in [1.165, 1.54) is 0 Å². The molecule has 3 rings (SSSR count). The highest BCUT2D eigenvalue weighted by molar-refractivity contribution is 5.81. The van der Waals surface area contributed by atoms with Gasteiger partial charge in [-0.2, -0.15) is 5.10 Å². The van der Waals surface area contributed by atoms with Gasteiger partial charge < -0.3 is 15.4 Å². The lowest BCUT2D eigenvalue weighted by molar-refractivity contribution is -0.125. The third-order valence-corrected chi connectivity index (χ3v) is 5.02. The second-order valence-electron chi connectivity index (χ2n) is 6.76. The topological polar surface area (TPSA) is 68.2 Å². The molecule has 2 heterocycles. The van der Waals surface area contributed by atoms with Crippen LogP contribution in [-0.2, 0) is 11.8 Å². The summed E-state index contributed by atoms with van der Waals surface area (Å²) in [7, 11) is 1.90. The summed E-state index contributed by atoms with van der Waals surface area (Å²) >= 11 is 0. The van der Waals surface area contributed by atoms with Crippen LogP contribution in [-0.4, -0.2) is 35.4 Å². The minimum atomic E-state index is -0.0903. The van der Waals surface area contributed by atoms with Crippen molar-refractivity contribution in [3.63, 3.8) is 0 Å². The molecule has 1 fully saturated rings. The molecule has 6 heteroatoms. The number of para-hydroxylation sites is 1. The number of amides is 1. The molecule has 1 amide bonds. The molecule has 1 aromatic carbocycles. The standard InChI is InChI=1S/C20H28N4O2/c1-4-18(15-8-6-7-9-19(15)26-5-2)23-20(25)17-12-21-11-16(17)14-10-22-24(3)13-14/h6-10,13,16-18,21H,4-5,11-12H2,1-3H3,(H,23,25)/t16-,17+,18?/m1/s1. The number of hydrogen-bond acceptors (Lipinski definition) is 4. The van der Waals surface area contributed by atoms with Crippen LogP contribution in [0.1, 0.15) is 43.4 Å². The van der Waals surface area contributed by atoms with Gasteiger partial charge in [0.05, 0.1) is 24.8 Å². The molecule has 1 aliphatic rings. The normalized spacial score (nSPS) is 20.7. The predicted octanol–water partition coefficient (Wildman–Crippen LogP) is 2.39. The minimum absolute atomic E-state index is 0.0552. The predicted molar refractivity (Wildman–Crippen MR) is 101 cm³/mol. The van der Waals surface area contributed by atoms with Gasteiger partial charge in [-0.3, -0.25) is 9.48 Å². The molecule has 0 bridgehead atoms. The van der Waals surface area contributed by atoms with Crippen LogP contribution in [0.2, 0.25) is 0 Å². The fourth-order valence-corrected chi connectivity index (χ4v) is 3.67. The Morgan fingerprint density at radius 1 is 1.38 bits per heavy atom. The van der Waals surface area contributed by atoms with Crippen molar-refractivity contribution in [2.24, 2.45) is 13.0 Å². The fourth-order valence-electron chi connectivity index (χ4n) is 3.67. The van der Waals surface area contributed by atoms with Gasteiger partial charge in [-0.05, 0) is 25.0 Å². The first-order valence-corrected chi connectivity index (χ1v) is 9.35. The van der Waals surface area contributed by atoms with Crippen molar-refractivity contribution < 1.29 is 9.53 Å². The van der Waals surface area contributed by atoms with Crippen LogP contribution >= 0.6 is 0 Å². The van der Waals surface area contributed by atoms with Gasteiger partial charge in [0, 0.05) is 37.8 Å².